The summed E-state index contributed by atoms with van der Waals surface area (Å²) in [5.74, 6) is -1.19. The van der Waals surface area contributed by atoms with E-state index < -0.39 is 29.6 Å². The van der Waals surface area contributed by atoms with Gasteiger partial charge in [-0.15, -0.1) is 26.3 Å². The fraction of sp³-hybridized carbons (Fsp3) is 0.345. The van der Waals surface area contributed by atoms with E-state index in [1.165, 1.54) is 24.3 Å². The highest BCUT2D eigenvalue weighted by molar-refractivity contribution is 5.76. The number of hydrogen-bond acceptors (Lipinski definition) is 3. The first-order chi connectivity index (χ1) is 18.3. The normalized spacial score (nSPS) is 13.0. The summed E-state index contributed by atoms with van der Waals surface area (Å²) >= 11 is 0. The molecule has 0 radical (unpaired) electrons. The van der Waals surface area contributed by atoms with Gasteiger partial charge in [0.2, 0.25) is 5.91 Å². The summed E-state index contributed by atoms with van der Waals surface area (Å²) in [6, 6.07) is 19.4. The molecule has 0 aliphatic carbocycles. The van der Waals surface area contributed by atoms with Crippen molar-refractivity contribution in [3.8, 4) is 11.5 Å². The molecule has 1 unspecified atom stereocenters. The topological polar surface area (TPSA) is 47.6 Å². The van der Waals surface area contributed by atoms with Gasteiger partial charge in [-0.2, -0.15) is 0 Å². The van der Waals surface area contributed by atoms with E-state index >= 15 is 0 Å². The van der Waals surface area contributed by atoms with Gasteiger partial charge >= 0.3 is 12.7 Å². The highest BCUT2D eigenvalue weighted by Gasteiger charge is 2.38. The Balaban J connectivity index is 2.19. The molecule has 0 spiro atoms. The first-order valence-electron chi connectivity index (χ1n) is 12.3. The highest BCUT2D eigenvalue weighted by atomic mass is 19.4. The largest absolute Gasteiger partial charge is 0.573 e. The number of halogens is 6. The minimum Gasteiger partial charge on any atom is -0.406 e. The molecule has 0 aliphatic rings. The van der Waals surface area contributed by atoms with Crippen LogP contribution >= 0.6 is 0 Å². The van der Waals surface area contributed by atoms with Crippen LogP contribution in [0.4, 0.5) is 26.3 Å². The molecule has 0 aromatic heterocycles. The zero-order chi connectivity index (χ0) is 28.7. The molecule has 3 rings (SSSR count). The molecule has 0 saturated heterocycles. The van der Waals surface area contributed by atoms with E-state index in [4.69, 9.17) is 0 Å². The van der Waals surface area contributed by atoms with Gasteiger partial charge in [-0.05, 0) is 53.3 Å². The van der Waals surface area contributed by atoms with Crippen molar-refractivity contribution in [2.75, 3.05) is 6.54 Å². The molecule has 1 atom stereocenters. The quantitative estimate of drug-likeness (QED) is 0.249. The fourth-order valence-corrected chi connectivity index (χ4v) is 4.35. The van der Waals surface area contributed by atoms with E-state index in [0.717, 1.165) is 24.1 Å². The lowest BCUT2D eigenvalue weighted by atomic mass is 9.70. The number of carbonyl (C=O) groups excluding carboxylic acids is 1. The molecule has 0 saturated carbocycles. The number of carbonyl (C=O) groups is 1. The maximum Gasteiger partial charge on any atom is 0.573 e. The second kappa shape index (κ2) is 12.4. The second-order valence-corrected chi connectivity index (χ2v) is 9.39. The second-order valence-electron chi connectivity index (χ2n) is 9.39. The molecular weight excluding hydrogens is 524 g/mol. The van der Waals surface area contributed by atoms with Gasteiger partial charge in [-0.3, -0.25) is 4.79 Å². The van der Waals surface area contributed by atoms with E-state index in [1.807, 2.05) is 13.8 Å². The number of amides is 1. The molecule has 4 nitrogen and oxygen atoms in total. The Labute approximate surface area is 222 Å². The monoisotopic (exact) mass is 553 g/mol. The standard InChI is InChI=1S/C29H29F6NO3/c1-3-20(2)15-26(37)36-19-27(18-21-9-5-4-6-10-21,22-11-7-13-24(16-22)38-28(30,31)32)23-12-8-14-25(17-23)39-29(33,34)35/h4-14,16-17,20H,3,15,18-19H2,1-2H3,(H,36,37). The van der Waals surface area contributed by atoms with Crippen LogP contribution < -0.4 is 14.8 Å². The van der Waals surface area contributed by atoms with E-state index in [-0.39, 0.29) is 31.2 Å². The molecule has 0 bridgehead atoms. The van der Waals surface area contributed by atoms with Gasteiger partial charge in [0.25, 0.3) is 0 Å². The minimum atomic E-state index is -4.95. The van der Waals surface area contributed by atoms with Crippen molar-refractivity contribution in [1.82, 2.24) is 5.32 Å². The average Bonchev–Trinajstić information content (AvgIpc) is 2.85. The molecule has 0 aliphatic heterocycles. The van der Waals surface area contributed by atoms with Crippen LogP contribution in [0.3, 0.4) is 0 Å². The predicted octanol–water partition coefficient (Wildman–Crippen LogP) is 7.57. The lowest BCUT2D eigenvalue weighted by Gasteiger charge is -2.36. The van der Waals surface area contributed by atoms with Gasteiger partial charge in [-0.1, -0.05) is 74.9 Å². The Morgan fingerprint density at radius 3 is 1.77 bits per heavy atom. The van der Waals surface area contributed by atoms with Gasteiger partial charge in [0.05, 0.1) is 0 Å². The number of alkyl halides is 6. The minimum absolute atomic E-state index is 0.0838. The third kappa shape index (κ3) is 8.94. The highest BCUT2D eigenvalue weighted by Crippen LogP contribution is 2.40. The van der Waals surface area contributed by atoms with Crippen molar-refractivity contribution in [1.29, 1.82) is 0 Å². The third-order valence-electron chi connectivity index (χ3n) is 6.41. The van der Waals surface area contributed by atoms with E-state index in [1.54, 1.807) is 42.5 Å². The van der Waals surface area contributed by atoms with Crippen molar-refractivity contribution >= 4 is 5.91 Å². The SMILES string of the molecule is CCC(C)CC(=O)NCC(Cc1ccccc1)(c1cccc(OC(F)(F)F)c1)c1cccc(OC(F)(F)F)c1. The van der Waals surface area contributed by atoms with Crippen LogP contribution in [0.1, 0.15) is 43.4 Å². The first-order valence-corrected chi connectivity index (χ1v) is 12.3. The van der Waals surface area contributed by atoms with Crippen LogP contribution in [0.2, 0.25) is 0 Å². The Kier molecular flexibility index (Phi) is 9.53. The summed E-state index contributed by atoms with van der Waals surface area (Å²) in [5, 5.41) is 2.88. The van der Waals surface area contributed by atoms with E-state index in [9.17, 15) is 31.1 Å². The Hall–Kier alpha value is -3.69. The third-order valence-corrected chi connectivity index (χ3v) is 6.41. The van der Waals surface area contributed by atoms with E-state index in [2.05, 4.69) is 14.8 Å². The van der Waals surface area contributed by atoms with Gasteiger partial charge in [0, 0.05) is 18.4 Å². The Bertz CT molecular complexity index is 1170. The molecule has 1 amide bonds. The van der Waals surface area contributed by atoms with Crippen LogP contribution in [0.5, 0.6) is 11.5 Å². The summed E-state index contributed by atoms with van der Waals surface area (Å²) in [5.41, 5.74) is 0.0720. The molecule has 0 fully saturated rings. The number of ether oxygens (including phenoxy) is 2. The smallest absolute Gasteiger partial charge is 0.406 e. The van der Waals surface area contributed by atoms with Crippen molar-refractivity contribution < 1.29 is 40.6 Å². The fourth-order valence-electron chi connectivity index (χ4n) is 4.35. The van der Waals surface area contributed by atoms with Crippen LogP contribution in [0.25, 0.3) is 0 Å². The molecular formula is C29H29F6NO3. The average molecular weight is 554 g/mol. The zero-order valence-corrected chi connectivity index (χ0v) is 21.4. The van der Waals surface area contributed by atoms with Gasteiger partial charge < -0.3 is 14.8 Å². The molecule has 1 N–H and O–H groups in total. The Morgan fingerprint density at radius 2 is 1.31 bits per heavy atom. The number of hydrogen-bond donors (Lipinski definition) is 1. The Morgan fingerprint density at radius 1 is 0.795 bits per heavy atom. The predicted molar refractivity (Wildman–Crippen MR) is 134 cm³/mol. The number of benzene rings is 3. The molecule has 3 aromatic carbocycles. The van der Waals surface area contributed by atoms with Crippen LogP contribution in [0, 0.1) is 5.92 Å². The molecule has 210 valence electrons. The maximum atomic E-state index is 13.1. The van der Waals surface area contributed by atoms with Gasteiger partial charge in [0.1, 0.15) is 11.5 Å². The molecule has 0 heterocycles. The molecule has 10 heteroatoms. The zero-order valence-electron chi connectivity index (χ0n) is 21.4. The van der Waals surface area contributed by atoms with Crippen LogP contribution in [0.15, 0.2) is 78.9 Å². The summed E-state index contributed by atoms with van der Waals surface area (Å²) in [6.07, 6.45) is -8.79. The summed E-state index contributed by atoms with van der Waals surface area (Å²) in [4.78, 5) is 12.8. The first kappa shape index (κ1) is 29.9. The van der Waals surface area contributed by atoms with Crippen molar-refractivity contribution in [2.24, 2.45) is 5.92 Å². The van der Waals surface area contributed by atoms with Crippen molar-refractivity contribution in [2.45, 2.75) is 51.2 Å². The number of rotatable bonds is 11. The van der Waals surface area contributed by atoms with Crippen molar-refractivity contribution in [3.05, 3.63) is 95.6 Å². The lowest BCUT2D eigenvalue weighted by Crippen LogP contribution is -2.43. The van der Waals surface area contributed by atoms with Gasteiger partial charge in [0.15, 0.2) is 0 Å². The molecule has 3 aromatic rings. The lowest BCUT2D eigenvalue weighted by molar-refractivity contribution is -0.275. The van der Waals surface area contributed by atoms with Gasteiger partial charge in [-0.25, -0.2) is 0 Å². The maximum absolute atomic E-state index is 13.1. The van der Waals surface area contributed by atoms with Crippen molar-refractivity contribution in [3.63, 3.8) is 0 Å². The molecule has 39 heavy (non-hydrogen) atoms. The summed E-state index contributed by atoms with van der Waals surface area (Å²) in [7, 11) is 0. The van der Waals surface area contributed by atoms with Crippen LogP contribution in [-0.4, -0.2) is 25.2 Å². The number of nitrogens with one attached hydrogen (secondary N) is 1. The summed E-state index contributed by atoms with van der Waals surface area (Å²) < 4.78 is 86.6. The van der Waals surface area contributed by atoms with E-state index in [0.29, 0.717) is 11.1 Å². The summed E-state index contributed by atoms with van der Waals surface area (Å²) in [6.45, 7) is 3.74. The van der Waals surface area contributed by atoms with Crippen LogP contribution in [-0.2, 0) is 16.6 Å².